The third-order valence-electron chi connectivity index (χ3n) is 2.81. The Kier molecular flexibility index (Phi) is 3.87. The third-order valence-corrected chi connectivity index (χ3v) is 2.81. The van der Waals surface area contributed by atoms with Gasteiger partial charge in [0.25, 0.3) is 0 Å². The molecule has 0 aliphatic carbocycles. The number of hydrogen-bond donors (Lipinski definition) is 0. The van der Waals surface area contributed by atoms with E-state index in [4.69, 9.17) is 14.2 Å². The first-order valence-electron chi connectivity index (χ1n) is 5.94. The summed E-state index contributed by atoms with van der Waals surface area (Å²) in [6.07, 6.45) is 4.23. The summed E-state index contributed by atoms with van der Waals surface area (Å²) >= 11 is 0. The van der Waals surface area contributed by atoms with Gasteiger partial charge in [0.1, 0.15) is 0 Å². The van der Waals surface area contributed by atoms with Crippen molar-refractivity contribution >= 4 is 5.97 Å². The number of ether oxygens (including phenoxy) is 3. The van der Waals surface area contributed by atoms with E-state index < -0.39 is 0 Å². The van der Waals surface area contributed by atoms with Gasteiger partial charge < -0.3 is 14.2 Å². The van der Waals surface area contributed by atoms with Crippen LogP contribution in [0.25, 0.3) is 0 Å². The fraction of sp³-hybridized carbons (Fsp3) is 0.357. The fourth-order valence-corrected chi connectivity index (χ4v) is 1.86. The summed E-state index contributed by atoms with van der Waals surface area (Å²) in [6, 6.07) is 5.87. The van der Waals surface area contributed by atoms with Crippen LogP contribution in [-0.4, -0.2) is 12.8 Å². The molecule has 96 valence electrons. The minimum Gasteiger partial charge on any atom is -0.454 e. The maximum atomic E-state index is 10.7. The van der Waals surface area contributed by atoms with Gasteiger partial charge in [-0.3, -0.25) is 4.79 Å². The molecule has 1 unspecified atom stereocenters. The standard InChI is InChI=1S/C14H16O4/c1-3-11(6-7-16-10(2)15)12-4-5-13-14(8-12)18-9-17-13/h4-8,11H,3,9H2,1-2H3/b7-6+. The molecule has 0 radical (unpaired) electrons. The Balaban J connectivity index is 2.12. The fourth-order valence-electron chi connectivity index (χ4n) is 1.86. The number of carbonyl (C=O) groups excluding carboxylic acids is 1. The van der Waals surface area contributed by atoms with E-state index in [1.807, 2.05) is 24.3 Å². The van der Waals surface area contributed by atoms with E-state index in [-0.39, 0.29) is 18.7 Å². The Bertz CT molecular complexity index is 465. The van der Waals surface area contributed by atoms with Gasteiger partial charge in [0.15, 0.2) is 11.5 Å². The van der Waals surface area contributed by atoms with Crippen molar-refractivity contribution in [2.24, 2.45) is 0 Å². The Labute approximate surface area is 106 Å². The second-order valence-corrected chi connectivity index (χ2v) is 4.07. The molecule has 4 nitrogen and oxygen atoms in total. The number of benzene rings is 1. The SMILES string of the molecule is CCC(/C=C/OC(C)=O)c1ccc2c(c1)OCO2. The number of allylic oxidation sites excluding steroid dienone is 1. The molecule has 0 amide bonds. The topological polar surface area (TPSA) is 44.8 Å². The lowest BCUT2D eigenvalue weighted by atomic mass is 9.96. The van der Waals surface area contributed by atoms with Crippen molar-refractivity contribution in [3.63, 3.8) is 0 Å². The van der Waals surface area contributed by atoms with Crippen LogP contribution in [0.2, 0.25) is 0 Å². The molecular formula is C14H16O4. The molecule has 2 rings (SSSR count). The maximum absolute atomic E-state index is 10.7. The second kappa shape index (κ2) is 5.58. The Morgan fingerprint density at radius 3 is 2.94 bits per heavy atom. The van der Waals surface area contributed by atoms with Crippen molar-refractivity contribution in [3.8, 4) is 11.5 Å². The average Bonchev–Trinajstić information content (AvgIpc) is 2.81. The van der Waals surface area contributed by atoms with Gasteiger partial charge >= 0.3 is 5.97 Å². The van der Waals surface area contributed by atoms with Crippen molar-refractivity contribution in [3.05, 3.63) is 36.1 Å². The zero-order valence-corrected chi connectivity index (χ0v) is 10.5. The van der Waals surface area contributed by atoms with E-state index in [0.29, 0.717) is 0 Å². The highest BCUT2D eigenvalue weighted by Gasteiger charge is 2.15. The first kappa shape index (κ1) is 12.5. The van der Waals surface area contributed by atoms with Crippen LogP contribution in [-0.2, 0) is 9.53 Å². The van der Waals surface area contributed by atoms with Gasteiger partial charge in [0.2, 0.25) is 6.79 Å². The summed E-state index contributed by atoms with van der Waals surface area (Å²) < 4.78 is 15.4. The van der Waals surface area contributed by atoms with Gasteiger partial charge in [-0.15, -0.1) is 0 Å². The average molecular weight is 248 g/mol. The highest BCUT2D eigenvalue weighted by Crippen LogP contribution is 2.35. The zero-order chi connectivity index (χ0) is 13.0. The molecule has 0 aromatic heterocycles. The van der Waals surface area contributed by atoms with Crippen LogP contribution in [0.5, 0.6) is 11.5 Å². The summed E-state index contributed by atoms with van der Waals surface area (Å²) in [4.78, 5) is 10.7. The van der Waals surface area contributed by atoms with E-state index >= 15 is 0 Å². The van der Waals surface area contributed by atoms with Crippen molar-refractivity contribution < 1.29 is 19.0 Å². The molecule has 1 aliphatic heterocycles. The van der Waals surface area contributed by atoms with E-state index in [1.165, 1.54) is 13.2 Å². The Hall–Kier alpha value is -1.97. The van der Waals surface area contributed by atoms with Gasteiger partial charge in [-0.05, 0) is 30.2 Å². The van der Waals surface area contributed by atoms with Crippen LogP contribution in [0.1, 0.15) is 31.7 Å². The minimum atomic E-state index is -0.313. The summed E-state index contributed by atoms with van der Waals surface area (Å²) in [7, 11) is 0. The first-order chi connectivity index (χ1) is 8.70. The Morgan fingerprint density at radius 1 is 1.44 bits per heavy atom. The van der Waals surface area contributed by atoms with Crippen molar-refractivity contribution in [1.82, 2.24) is 0 Å². The summed E-state index contributed by atoms with van der Waals surface area (Å²) in [6.45, 7) is 3.73. The molecule has 0 saturated carbocycles. The molecule has 1 atom stereocenters. The molecule has 4 heteroatoms. The molecule has 0 saturated heterocycles. The summed E-state index contributed by atoms with van der Waals surface area (Å²) in [5, 5.41) is 0. The van der Waals surface area contributed by atoms with Gasteiger partial charge in [-0.25, -0.2) is 0 Å². The zero-order valence-electron chi connectivity index (χ0n) is 10.5. The van der Waals surface area contributed by atoms with Gasteiger partial charge in [-0.1, -0.05) is 13.0 Å². The van der Waals surface area contributed by atoms with Gasteiger partial charge in [0, 0.05) is 12.8 Å². The number of rotatable bonds is 4. The lowest BCUT2D eigenvalue weighted by Crippen LogP contribution is -1.96. The molecule has 0 bridgehead atoms. The third kappa shape index (κ3) is 2.83. The van der Waals surface area contributed by atoms with Crippen molar-refractivity contribution in [1.29, 1.82) is 0 Å². The monoisotopic (exact) mass is 248 g/mol. The smallest absolute Gasteiger partial charge is 0.307 e. The van der Waals surface area contributed by atoms with Crippen LogP contribution < -0.4 is 9.47 Å². The predicted octanol–water partition coefficient (Wildman–Crippen LogP) is 2.99. The van der Waals surface area contributed by atoms with Crippen LogP contribution in [0.4, 0.5) is 0 Å². The van der Waals surface area contributed by atoms with Gasteiger partial charge in [0.05, 0.1) is 6.26 Å². The lowest BCUT2D eigenvalue weighted by Gasteiger charge is -2.11. The Morgan fingerprint density at radius 2 is 2.22 bits per heavy atom. The quantitative estimate of drug-likeness (QED) is 0.607. The maximum Gasteiger partial charge on any atom is 0.307 e. The molecule has 1 aromatic rings. The number of esters is 1. The van der Waals surface area contributed by atoms with Crippen LogP contribution >= 0.6 is 0 Å². The molecule has 0 spiro atoms. The molecule has 1 aromatic carbocycles. The molecule has 18 heavy (non-hydrogen) atoms. The summed E-state index contributed by atoms with van der Waals surface area (Å²) in [5.74, 6) is 1.43. The van der Waals surface area contributed by atoms with E-state index in [0.717, 1.165) is 23.5 Å². The van der Waals surface area contributed by atoms with Crippen molar-refractivity contribution in [2.45, 2.75) is 26.2 Å². The van der Waals surface area contributed by atoms with Crippen LogP contribution in [0.3, 0.4) is 0 Å². The number of carbonyl (C=O) groups is 1. The molecular weight excluding hydrogens is 232 g/mol. The molecule has 1 heterocycles. The summed E-state index contributed by atoms with van der Waals surface area (Å²) in [5.41, 5.74) is 1.12. The van der Waals surface area contributed by atoms with E-state index in [1.54, 1.807) is 0 Å². The number of fused-ring (bicyclic) bond motifs is 1. The first-order valence-corrected chi connectivity index (χ1v) is 5.94. The van der Waals surface area contributed by atoms with Crippen LogP contribution in [0, 0.1) is 0 Å². The van der Waals surface area contributed by atoms with E-state index in [9.17, 15) is 4.79 Å². The van der Waals surface area contributed by atoms with Crippen molar-refractivity contribution in [2.75, 3.05) is 6.79 Å². The second-order valence-electron chi connectivity index (χ2n) is 4.07. The lowest BCUT2D eigenvalue weighted by molar-refractivity contribution is -0.135. The van der Waals surface area contributed by atoms with E-state index in [2.05, 4.69) is 6.92 Å². The highest BCUT2D eigenvalue weighted by atomic mass is 16.7. The molecule has 0 N–H and O–H groups in total. The van der Waals surface area contributed by atoms with Crippen LogP contribution in [0.15, 0.2) is 30.5 Å². The molecule has 1 aliphatic rings. The molecule has 0 fully saturated rings. The largest absolute Gasteiger partial charge is 0.454 e. The van der Waals surface area contributed by atoms with Gasteiger partial charge in [-0.2, -0.15) is 0 Å². The minimum absolute atomic E-state index is 0.193. The normalized spacial score (nSPS) is 14.8. The number of hydrogen-bond acceptors (Lipinski definition) is 4. The predicted molar refractivity (Wildman–Crippen MR) is 66.5 cm³/mol. The highest BCUT2D eigenvalue weighted by molar-refractivity contribution is 5.66.